The van der Waals surface area contributed by atoms with Crippen LogP contribution in [-0.4, -0.2) is 136 Å². The lowest BCUT2D eigenvalue weighted by molar-refractivity contribution is -0.227. The van der Waals surface area contributed by atoms with E-state index in [0.717, 1.165) is 0 Å². The maximum absolute atomic E-state index is 13.3. The van der Waals surface area contributed by atoms with E-state index < -0.39 is 115 Å². The highest BCUT2D eigenvalue weighted by atomic mass is 16.5. The number of hydrogen-bond acceptors (Lipinski definition) is 12. The van der Waals surface area contributed by atoms with Crippen molar-refractivity contribution in [2.45, 2.75) is 128 Å². The number of hydrogen-bond donors (Lipinski definition) is 10. The second-order valence-corrected chi connectivity index (χ2v) is 12.3. The van der Waals surface area contributed by atoms with Gasteiger partial charge in [-0.2, -0.15) is 0 Å². The molecule has 1 fully saturated rings. The van der Waals surface area contributed by atoms with Gasteiger partial charge in [0.2, 0.25) is 35.4 Å². The molecule has 284 valence electrons. The van der Waals surface area contributed by atoms with Crippen LogP contribution >= 0.6 is 0 Å². The molecule has 0 aromatic rings. The Labute approximate surface area is 290 Å². The summed E-state index contributed by atoms with van der Waals surface area (Å²) in [5.74, 6) is -4.50. The standard InChI is InChI=1S/C30H53N9O11/c1-7-10-18(37-28(47)16(8-2)35-21(41)12-33-39-31)29(48)38-22(14(4)5)30(49)36-17(9-3)27(46)34-15(6)26(45)32-11-19-23(42)25(44)24(43)20(13-40)50-19/h14-20,22-25,40,42-44H,7-13H2,1-6H3,(H,32,45)(H,34,46)(H,35,41)(H,36,49)(H,37,47)(H,38,48)/t15-,16-,17-,18-,19-,20+,22-,23+,24?,25?/m0/s1. The van der Waals surface area contributed by atoms with E-state index in [1.807, 2.05) is 0 Å². The van der Waals surface area contributed by atoms with Crippen LogP contribution in [0.5, 0.6) is 0 Å². The average molecular weight is 716 g/mol. The number of rotatable bonds is 20. The lowest BCUT2D eigenvalue weighted by Gasteiger charge is -2.40. The van der Waals surface area contributed by atoms with Crippen molar-refractivity contribution in [1.82, 2.24) is 31.9 Å². The van der Waals surface area contributed by atoms with Crippen LogP contribution in [0.4, 0.5) is 0 Å². The molecule has 2 unspecified atom stereocenters. The number of azide groups is 1. The molecule has 0 saturated carbocycles. The maximum atomic E-state index is 13.3. The first-order chi connectivity index (χ1) is 23.6. The number of aliphatic hydroxyl groups excluding tert-OH is 4. The normalized spacial score (nSPS) is 23.1. The summed E-state index contributed by atoms with van der Waals surface area (Å²) in [4.78, 5) is 79.7. The molecule has 0 spiro atoms. The third kappa shape index (κ3) is 13.3. The summed E-state index contributed by atoms with van der Waals surface area (Å²) in [7, 11) is 0. The number of nitrogens with zero attached hydrogens (tertiary/aromatic N) is 3. The van der Waals surface area contributed by atoms with Crippen molar-refractivity contribution >= 4 is 35.4 Å². The first kappa shape index (κ1) is 44.0. The van der Waals surface area contributed by atoms with Crippen LogP contribution in [0.3, 0.4) is 0 Å². The molecule has 1 rings (SSSR count). The Kier molecular flexibility index (Phi) is 19.2. The SMILES string of the molecule is CCC[C@H](NC(=O)[C@H](CC)NC(=O)CN=[N+]=[N-])C(=O)N[C@H](C(=O)N[C@@H](CC)C(=O)N[C@@H](C)C(=O)NC[C@@H]1O[C@H](CO)C(O)C(O)[C@@H]1O)C(C)C. The summed E-state index contributed by atoms with van der Waals surface area (Å²) < 4.78 is 5.36. The zero-order valence-electron chi connectivity index (χ0n) is 29.3. The third-order valence-electron chi connectivity index (χ3n) is 8.06. The molecule has 0 aromatic carbocycles. The van der Waals surface area contributed by atoms with Crippen LogP contribution in [0, 0.1) is 5.92 Å². The van der Waals surface area contributed by atoms with E-state index in [9.17, 15) is 49.2 Å². The van der Waals surface area contributed by atoms with Gasteiger partial charge in [-0.25, -0.2) is 0 Å². The summed E-state index contributed by atoms with van der Waals surface area (Å²) in [5.41, 5.74) is 8.40. The molecule has 6 amide bonds. The first-order valence-electron chi connectivity index (χ1n) is 16.7. The number of aliphatic hydroxyl groups is 4. The molecule has 50 heavy (non-hydrogen) atoms. The first-order valence-corrected chi connectivity index (χ1v) is 16.7. The van der Waals surface area contributed by atoms with Crippen molar-refractivity contribution in [2.75, 3.05) is 19.7 Å². The predicted octanol–water partition coefficient (Wildman–Crippen LogP) is -3.02. The number of amides is 6. The summed E-state index contributed by atoms with van der Waals surface area (Å²) >= 11 is 0. The van der Waals surface area contributed by atoms with Gasteiger partial charge in [0.15, 0.2) is 0 Å². The molecule has 0 aromatic heterocycles. The Morgan fingerprint density at radius 3 is 1.82 bits per heavy atom. The smallest absolute Gasteiger partial charge is 0.243 e. The lowest BCUT2D eigenvalue weighted by Crippen LogP contribution is -2.61. The summed E-state index contributed by atoms with van der Waals surface area (Å²) in [5, 5.41) is 57.8. The largest absolute Gasteiger partial charge is 0.394 e. The van der Waals surface area contributed by atoms with Crippen molar-refractivity contribution < 1.29 is 53.9 Å². The van der Waals surface area contributed by atoms with Crippen molar-refractivity contribution in [1.29, 1.82) is 0 Å². The molecule has 0 aliphatic carbocycles. The van der Waals surface area contributed by atoms with E-state index in [0.29, 0.717) is 6.42 Å². The average Bonchev–Trinajstić information content (AvgIpc) is 3.08. The highest BCUT2D eigenvalue weighted by Crippen LogP contribution is 2.20. The molecule has 10 atom stereocenters. The topological polar surface area (TPSA) is 314 Å². The Hall–Kier alpha value is -4.07. The van der Waals surface area contributed by atoms with Gasteiger partial charge >= 0.3 is 0 Å². The maximum Gasteiger partial charge on any atom is 0.243 e. The van der Waals surface area contributed by atoms with E-state index in [1.165, 1.54) is 6.92 Å². The molecule has 1 aliphatic rings. The fourth-order valence-electron chi connectivity index (χ4n) is 5.00. The highest BCUT2D eigenvalue weighted by Gasteiger charge is 2.43. The molecule has 1 aliphatic heterocycles. The van der Waals surface area contributed by atoms with E-state index >= 15 is 0 Å². The van der Waals surface area contributed by atoms with Gasteiger partial charge < -0.3 is 57.1 Å². The second kappa shape index (κ2) is 21.9. The van der Waals surface area contributed by atoms with Crippen molar-refractivity contribution in [3.8, 4) is 0 Å². The highest BCUT2D eigenvalue weighted by molar-refractivity contribution is 5.96. The minimum absolute atomic E-state index is 0.119. The molecule has 1 saturated heterocycles. The van der Waals surface area contributed by atoms with Crippen LogP contribution in [0.2, 0.25) is 0 Å². The third-order valence-corrected chi connectivity index (χ3v) is 8.06. The summed E-state index contributed by atoms with van der Waals surface area (Å²) in [6.45, 7) is 8.34. The van der Waals surface area contributed by atoms with Crippen LogP contribution in [0.1, 0.15) is 67.2 Å². The van der Waals surface area contributed by atoms with Gasteiger partial charge in [-0.15, -0.1) is 0 Å². The number of carbonyl (C=O) groups is 6. The van der Waals surface area contributed by atoms with E-state index in [4.69, 9.17) is 10.3 Å². The van der Waals surface area contributed by atoms with E-state index in [-0.39, 0.29) is 25.8 Å². The van der Waals surface area contributed by atoms with Gasteiger partial charge in [0.05, 0.1) is 6.61 Å². The lowest BCUT2D eigenvalue weighted by atomic mass is 9.95. The number of nitrogens with one attached hydrogen (secondary N) is 6. The molecular weight excluding hydrogens is 662 g/mol. The van der Waals surface area contributed by atoms with Crippen molar-refractivity contribution in [3.05, 3.63) is 10.4 Å². The summed E-state index contributed by atoms with van der Waals surface area (Å²) in [6.07, 6.45) is -6.03. The molecular formula is C30H53N9O11. The van der Waals surface area contributed by atoms with Gasteiger partial charge in [-0.1, -0.05) is 46.2 Å². The van der Waals surface area contributed by atoms with Gasteiger partial charge in [0.25, 0.3) is 0 Å². The van der Waals surface area contributed by atoms with Crippen LogP contribution in [0.25, 0.3) is 10.4 Å². The minimum atomic E-state index is -1.62. The van der Waals surface area contributed by atoms with Crippen LogP contribution in [0.15, 0.2) is 5.11 Å². The van der Waals surface area contributed by atoms with Gasteiger partial charge in [-0.3, -0.25) is 28.8 Å². The Bertz CT molecular complexity index is 1210. The van der Waals surface area contributed by atoms with Crippen LogP contribution < -0.4 is 31.9 Å². The number of ether oxygens (including phenoxy) is 1. The number of carbonyl (C=O) groups excluding carboxylic acids is 6. The Morgan fingerprint density at radius 1 is 0.740 bits per heavy atom. The van der Waals surface area contributed by atoms with Gasteiger partial charge in [0.1, 0.15) is 67.3 Å². The monoisotopic (exact) mass is 715 g/mol. The van der Waals surface area contributed by atoms with Crippen molar-refractivity contribution in [3.63, 3.8) is 0 Å². The van der Waals surface area contributed by atoms with Crippen molar-refractivity contribution in [2.24, 2.45) is 11.0 Å². The predicted molar refractivity (Wildman–Crippen MR) is 176 cm³/mol. The Morgan fingerprint density at radius 2 is 1.28 bits per heavy atom. The molecule has 20 nitrogen and oxygen atoms in total. The van der Waals surface area contributed by atoms with E-state index in [2.05, 4.69) is 41.9 Å². The molecule has 10 N–H and O–H groups in total. The second-order valence-electron chi connectivity index (χ2n) is 12.3. The van der Waals surface area contributed by atoms with E-state index in [1.54, 1.807) is 34.6 Å². The molecule has 20 heteroatoms. The zero-order chi connectivity index (χ0) is 38.1. The van der Waals surface area contributed by atoms with Crippen LogP contribution in [-0.2, 0) is 33.5 Å². The fourth-order valence-corrected chi connectivity index (χ4v) is 5.00. The minimum Gasteiger partial charge on any atom is -0.394 e. The Balaban J connectivity index is 2.85. The summed E-state index contributed by atoms with van der Waals surface area (Å²) in [6, 6.07) is -5.41. The quantitative estimate of drug-likeness (QED) is 0.0343. The zero-order valence-corrected chi connectivity index (χ0v) is 29.3. The fraction of sp³-hybridized carbons (Fsp3) is 0.800. The molecule has 0 radical (unpaired) electrons. The molecule has 0 bridgehead atoms. The van der Waals surface area contributed by atoms with Gasteiger partial charge in [0, 0.05) is 11.5 Å². The molecule has 1 heterocycles. The van der Waals surface area contributed by atoms with Gasteiger partial charge in [-0.05, 0) is 37.6 Å².